The number of sulfonamides is 1. The number of carboxylic acid groups (broad SMARTS) is 1. The number of carboxylic acids is 1. The zero-order valence-corrected chi connectivity index (χ0v) is 16.9. The van der Waals surface area contributed by atoms with Crippen LogP contribution >= 0.6 is 0 Å². The van der Waals surface area contributed by atoms with Crippen molar-refractivity contribution < 1.29 is 41.3 Å². The third-order valence-corrected chi connectivity index (χ3v) is 6.80. The lowest BCUT2D eigenvalue weighted by Crippen LogP contribution is -2.51. The first-order valence-electron chi connectivity index (χ1n) is 9.30. The lowest BCUT2D eigenvalue weighted by molar-refractivity contribution is -0.143. The summed E-state index contributed by atoms with van der Waals surface area (Å²) >= 11 is 0. The third-order valence-electron chi connectivity index (χ3n) is 4.91. The van der Waals surface area contributed by atoms with Gasteiger partial charge in [-0.05, 0) is 54.8 Å². The second-order valence-electron chi connectivity index (χ2n) is 7.11. The molecule has 168 valence electrons. The molecule has 31 heavy (non-hydrogen) atoms. The smallest absolute Gasteiger partial charge is 0.416 e. The number of β-amino-alcohol motifs (C(OH)–C–C–N with tert-alkyl or cyclic N) is 1. The summed E-state index contributed by atoms with van der Waals surface area (Å²) in [6.07, 6.45) is -5.18. The lowest BCUT2D eigenvalue weighted by atomic mass is 10.0. The number of ether oxygens (including phenoxy) is 1. The third kappa shape index (κ3) is 5.35. The van der Waals surface area contributed by atoms with E-state index in [1.54, 1.807) is 0 Å². The second kappa shape index (κ2) is 8.85. The molecule has 0 aliphatic carbocycles. The molecule has 2 atom stereocenters. The van der Waals surface area contributed by atoms with Gasteiger partial charge in [0, 0.05) is 6.54 Å². The Morgan fingerprint density at radius 3 is 2.23 bits per heavy atom. The van der Waals surface area contributed by atoms with Gasteiger partial charge < -0.3 is 14.9 Å². The topological polar surface area (TPSA) is 104 Å². The van der Waals surface area contributed by atoms with Gasteiger partial charge in [-0.3, -0.25) is 4.79 Å². The molecule has 0 spiro atoms. The number of aliphatic hydroxyl groups is 1. The van der Waals surface area contributed by atoms with Gasteiger partial charge in [-0.25, -0.2) is 8.42 Å². The molecule has 11 heteroatoms. The van der Waals surface area contributed by atoms with Crippen LogP contribution in [0.1, 0.15) is 24.0 Å². The highest BCUT2D eigenvalue weighted by atomic mass is 32.2. The van der Waals surface area contributed by atoms with Crippen LogP contribution in [0.4, 0.5) is 13.2 Å². The van der Waals surface area contributed by atoms with E-state index in [0.29, 0.717) is 5.56 Å². The SMILES string of the molecule is O=C(O)C1CCC(O)CN1S(=O)(=O)c1ccc(OCc2ccc(C(F)(F)F)cc2)cc1. The highest BCUT2D eigenvalue weighted by Crippen LogP contribution is 2.30. The van der Waals surface area contributed by atoms with Crippen molar-refractivity contribution in [1.29, 1.82) is 0 Å². The standard InChI is InChI=1S/C20H20F3NO6S/c21-20(22,23)14-3-1-13(2-4-14)12-30-16-6-8-17(9-7-16)31(28,29)24-11-15(25)5-10-18(24)19(26)27/h1-4,6-9,15,18,25H,5,10-12H2,(H,26,27). The van der Waals surface area contributed by atoms with Crippen molar-refractivity contribution in [2.24, 2.45) is 0 Å². The summed E-state index contributed by atoms with van der Waals surface area (Å²) in [5.41, 5.74) is -0.274. The van der Waals surface area contributed by atoms with Crippen LogP contribution in [0.2, 0.25) is 0 Å². The van der Waals surface area contributed by atoms with E-state index in [1.165, 1.54) is 36.4 Å². The van der Waals surface area contributed by atoms with Gasteiger partial charge in [-0.2, -0.15) is 17.5 Å². The summed E-state index contributed by atoms with van der Waals surface area (Å²) in [4.78, 5) is 11.3. The van der Waals surface area contributed by atoms with E-state index in [4.69, 9.17) is 4.74 Å². The van der Waals surface area contributed by atoms with Crippen LogP contribution in [-0.2, 0) is 27.6 Å². The Kier molecular flexibility index (Phi) is 6.58. The number of aliphatic carboxylic acids is 1. The second-order valence-corrected chi connectivity index (χ2v) is 9.01. The molecule has 2 N–H and O–H groups in total. The van der Waals surface area contributed by atoms with Crippen LogP contribution in [0.3, 0.4) is 0 Å². The maximum atomic E-state index is 12.9. The Morgan fingerprint density at radius 2 is 1.68 bits per heavy atom. The summed E-state index contributed by atoms with van der Waals surface area (Å²) < 4.78 is 69.8. The van der Waals surface area contributed by atoms with Crippen molar-refractivity contribution in [3.8, 4) is 5.75 Å². The molecule has 0 bridgehead atoms. The average molecular weight is 459 g/mol. The summed E-state index contributed by atoms with van der Waals surface area (Å²) in [6.45, 7) is -0.338. The number of hydrogen-bond donors (Lipinski definition) is 2. The minimum Gasteiger partial charge on any atom is -0.489 e. The van der Waals surface area contributed by atoms with Crippen LogP contribution < -0.4 is 4.74 Å². The number of piperidine rings is 1. The number of rotatable bonds is 6. The van der Waals surface area contributed by atoms with Gasteiger partial charge in [0.05, 0.1) is 16.6 Å². The number of hydrogen-bond acceptors (Lipinski definition) is 5. The molecule has 1 heterocycles. The van der Waals surface area contributed by atoms with Gasteiger partial charge in [0.15, 0.2) is 0 Å². The van der Waals surface area contributed by atoms with E-state index in [0.717, 1.165) is 16.4 Å². The number of halogens is 3. The molecule has 1 fully saturated rings. The first-order chi connectivity index (χ1) is 14.5. The number of alkyl halides is 3. The molecule has 2 aromatic rings. The summed E-state index contributed by atoms with van der Waals surface area (Å²) in [7, 11) is -4.16. The van der Waals surface area contributed by atoms with Gasteiger partial charge in [0.2, 0.25) is 10.0 Å². The number of benzene rings is 2. The lowest BCUT2D eigenvalue weighted by Gasteiger charge is -2.34. The van der Waals surface area contributed by atoms with E-state index < -0.39 is 39.9 Å². The van der Waals surface area contributed by atoms with Crippen LogP contribution in [-0.4, -0.2) is 47.6 Å². The fourth-order valence-electron chi connectivity index (χ4n) is 3.23. The summed E-state index contributed by atoms with van der Waals surface area (Å²) in [6, 6.07) is 8.43. The Labute approximate surface area is 176 Å². The average Bonchev–Trinajstić information content (AvgIpc) is 2.72. The van der Waals surface area contributed by atoms with E-state index in [1.807, 2.05) is 0 Å². The van der Waals surface area contributed by atoms with Crippen molar-refractivity contribution in [1.82, 2.24) is 4.31 Å². The molecule has 7 nitrogen and oxygen atoms in total. The predicted molar refractivity (Wildman–Crippen MR) is 103 cm³/mol. The largest absolute Gasteiger partial charge is 0.489 e. The fourth-order valence-corrected chi connectivity index (χ4v) is 4.88. The summed E-state index contributed by atoms with van der Waals surface area (Å²) in [5.74, 6) is -1.00. The molecule has 0 radical (unpaired) electrons. The number of nitrogens with zero attached hydrogens (tertiary/aromatic N) is 1. The molecule has 2 aromatic carbocycles. The van der Waals surface area contributed by atoms with Gasteiger partial charge in [0.25, 0.3) is 0 Å². The minimum absolute atomic E-state index is 0.00402. The van der Waals surface area contributed by atoms with Crippen molar-refractivity contribution >= 4 is 16.0 Å². The Bertz CT molecular complexity index is 1020. The van der Waals surface area contributed by atoms with E-state index in [-0.39, 0.29) is 36.6 Å². The van der Waals surface area contributed by atoms with Crippen molar-refractivity contribution in [3.63, 3.8) is 0 Å². The highest BCUT2D eigenvalue weighted by Gasteiger charge is 2.40. The van der Waals surface area contributed by atoms with E-state index in [2.05, 4.69) is 0 Å². The van der Waals surface area contributed by atoms with Crippen molar-refractivity contribution in [3.05, 3.63) is 59.7 Å². The fraction of sp³-hybridized carbons (Fsp3) is 0.350. The normalized spacial score (nSPS) is 20.4. The van der Waals surface area contributed by atoms with E-state index in [9.17, 15) is 36.6 Å². The van der Waals surface area contributed by atoms with E-state index >= 15 is 0 Å². The molecule has 2 unspecified atom stereocenters. The molecule has 1 saturated heterocycles. The van der Waals surface area contributed by atoms with Gasteiger partial charge in [0.1, 0.15) is 18.4 Å². The maximum Gasteiger partial charge on any atom is 0.416 e. The van der Waals surface area contributed by atoms with Crippen LogP contribution in [0.5, 0.6) is 5.75 Å². The molecule has 0 aromatic heterocycles. The molecule has 0 saturated carbocycles. The quantitative estimate of drug-likeness (QED) is 0.689. The highest BCUT2D eigenvalue weighted by molar-refractivity contribution is 7.89. The molecule has 0 amide bonds. The molecule has 1 aliphatic heterocycles. The van der Waals surface area contributed by atoms with Crippen LogP contribution in [0.15, 0.2) is 53.4 Å². The van der Waals surface area contributed by atoms with Gasteiger partial charge >= 0.3 is 12.1 Å². The maximum absolute atomic E-state index is 12.9. The summed E-state index contributed by atoms with van der Waals surface area (Å²) in [5, 5.41) is 19.1. The molecular formula is C20H20F3NO6S. The van der Waals surface area contributed by atoms with Crippen molar-refractivity contribution in [2.45, 2.75) is 42.7 Å². The Balaban J connectivity index is 1.69. The van der Waals surface area contributed by atoms with Crippen molar-refractivity contribution in [2.75, 3.05) is 6.54 Å². The van der Waals surface area contributed by atoms with Crippen LogP contribution in [0.25, 0.3) is 0 Å². The number of aliphatic hydroxyl groups excluding tert-OH is 1. The molecule has 1 aliphatic rings. The first-order valence-corrected chi connectivity index (χ1v) is 10.7. The minimum atomic E-state index is -4.43. The van der Waals surface area contributed by atoms with Crippen LogP contribution in [0, 0.1) is 0 Å². The van der Waals surface area contributed by atoms with Gasteiger partial charge in [-0.1, -0.05) is 12.1 Å². The zero-order chi connectivity index (χ0) is 22.8. The monoisotopic (exact) mass is 459 g/mol. The Morgan fingerprint density at radius 1 is 1.06 bits per heavy atom. The first kappa shape index (κ1) is 23.0. The molecular weight excluding hydrogens is 439 g/mol. The van der Waals surface area contributed by atoms with Gasteiger partial charge in [-0.15, -0.1) is 0 Å². The predicted octanol–water partition coefficient (Wildman–Crippen LogP) is 2.88. The Hall–Kier alpha value is -2.63. The molecule has 3 rings (SSSR count). The zero-order valence-electron chi connectivity index (χ0n) is 16.1. The number of carbonyl (C=O) groups is 1.